The number of methoxy groups -OCH3 is 1. The molecule has 1 aromatic heterocycles. The van der Waals surface area contributed by atoms with Crippen molar-refractivity contribution in [2.75, 3.05) is 12.4 Å². The monoisotopic (exact) mass is 331 g/mol. The van der Waals surface area contributed by atoms with E-state index in [0.29, 0.717) is 21.3 Å². The zero-order valence-electron chi connectivity index (χ0n) is 12.1. The highest BCUT2D eigenvalue weighted by molar-refractivity contribution is 7.21. The molecule has 0 saturated carbocycles. The minimum atomic E-state index is -0.228. The molecule has 0 spiro atoms. The average Bonchev–Trinajstić information content (AvgIpc) is 2.84. The van der Waals surface area contributed by atoms with Crippen LogP contribution in [0.15, 0.2) is 42.5 Å². The third-order valence-corrected chi connectivity index (χ3v) is 5.00. The second-order valence-corrected chi connectivity index (χ2v) is 6.33. The van der Waals surface area contributed by atoms with Crippen molar-refractivity contribution in [3.63, 3.8) is 0 Å². The highest BCUT2D eigenvalue weighted by Crippen LogP contribution is 2.36. The molecule has 3 aromatic rings. The third-order valence-electron chi connectivity index (χ3n) is 3.35. The van der Waals surface area contributed by atoms with Crippen molar-refractivity contribution in [3.05, 3.63) is 57.9 Å². The Morgan fingerprint density at radius 1 is 1.23 bits per heavy atom. The Morgan fingerprint density at radius 2 is 2.00 bits per heavy atom. The van der Waals surface area contributed by atoms with E-state index in [9.17, 15) is 4.79 Å². The molecule has 0 aliphatic rings. The highest BCUT2D eigenvalue weighted by atomic mass is 35.5. The van der Waals surface area contributed by atoms with Crippen LogP contribution in [0.5, 0.6) is 5.75 Å². The van der Waals surface area contributed by atoms with E-state index in [1.807, 2.05) is 37.3 Å². The summed E-state index contributed by atoms with van der Waals surface area (Å²) in [5.41, 5.74) is 1.77. The van der Waals surface area contributed by atoms with Crippen LogP contribution < -0.4 is 10.1 Å². The van der Waals surface area contributed by atoms with Crippen LogP contribution in [0.1, 0.15) is 15.2 Å². The van der Waals surface area contributed by atoms with Crippen LogP contribution in [0.2, 0.25) is 5.02 Å². The van der Waals surface area contributed by atoms with Crippen LogP contribution in [-0.4, -0.2) is 13.0 Å². The number of ether oxygens (including phenoxy) is 1. The number of aryl methyl sites for hydroxylation is 1. The number of fused-ring (bicyclic) bond motifs is 1. The van der Waals surface area contributed by atoms with Crippen LogP contribution in [0.25, 0.3) is 10.1 Å². The fourth-order valence-electron chi connectivity index (χ4n) is 2.25. The summed E-state index contributed by atoms with van der Waals surface area (Å²) < 4.78 is 6.25. The van der Waals surface area contributed by atoms with Crippen molar-refractivity contribution < 1.29 is 9.53 Å². The maximum atomic E-state index is 12.5. The minimum absolute atomic E-state index is 0.228. The lowest BCUT2D eigenvalue weighted by Crippen LogP contribution is -2.11. The second-order valence-electron chi connectivity index (χ2n) is 4.90. The van der Waals surface area contributed by atoms with Gasteiger partial charge in [0.25, 0.3) is 5.91 Å². The van der Waals surface area contributed by atoms with Gasteiger partial charge in [0.1, 0.15) is 10.6 Å². The van der Waals surface area contributed by atoms with E-state index in [0.717, 1.165) is 15.6 Å². The summed E-state index contributed by atoms with van der Waals surface area (Å²) in [6, 6.07) is 13.3. The number of rotatable bonds is 3. The summed E-state index contributed by atoms with van der Waals surface area (Å²) >= 11 is 7.76. The summed E-state index contributed by atoms with van der Waals surface area (Å²) in [4.78, 5) is 13.0. The van der Waals surface area contributed by atoms with E-state index in [-0.39, 0.29) is 5.91 Å². The number of thiophene rings is 1. The van der Waals surface area contributed by atoms with Gasteiger partial charge in [-0.3, -0.25) is 4.79 Å². The zero-order chi connectivity index (χ0) is 15.7. The lowest BCUT2D eigenvalue weighted by atomic mass is 10.2. The molecule has 1 amide bonds. The minimum Gasteiger partial charge on any atom is -0.495 e. The quantitative estimate of drug-likeness (QED) is 0.723. The van der Waals surface area contributed by atoms with Gasteiger partial charge in [0.2, 0.25) is 0 Å². The average molecular weight is 332 g/mol. The van der Waals surface area contributed by atoms with Gasteiger partial charge in [-0.1, -0.05) is 35.9 Å². The molecule has 1 heterocycles. The van der Waals surface area contributed by atoms with Crippen molar-refractivity contribution in [1.82, 2.24) is 0 Å². The van der Waals surface area contributed by atoms with Gasteiger partial charge in [0, 0.05) is 10.1 Å². The molecule has 0 bridgehead atoms. The van der Waals surface area contributed by atoms with E-state index in [2.05, 4.69) is 5.32 Å². The third kappa shape index (κ3) is 2.67. The number of para-hydroxylation sites is 2. The molecule has 5 heteroatoms. The lowest BCUT2D eigenvalue weighted by molar-refractivity contribution is 0.103. The summed E-state index contributed by atoms with van der Waals surface area (Å²) in [7, 11) is 1.57. The van der Waals surface area contributed by atoms with E-state index < -0.39 is 0 Å². The summed E-state index contributed by atoms with van der Waals surface area (Å²) in [5.74, 6) is 0.386. The van der Waals surface area contributed by atoms with Crippen LogP contribution in [-0.2, 0) is 0 Å². The first-order valence-corrected chi connectivity index (χ1v) is 7.92. The molecule has 0 saturated heterocycles. The normalized spacial score (nSPS) is 10.7. The SMILES string of the molecule is COc1ccccc1NC(=O)c1sc2cc(C)ccc2c1Cl. The number of amides is 1. The number of halogens is 1. The fraction of sp³-hybridized carbons (Fsp3) is 0.118. The Bertz CT molecular complexity index is 857. The predicted molar refractivity (Wildman–Crippen MR) is 92.5 cm³/mol. The molecule has 0 aliphatic carbocycles. The van der Waals surface area contributed by atoms with Crippen molar-refractivity contribution in [2.24, 2.45) is 0 Å². The smallest absolute Gasteiger partial charge is 0.267 e. The van der Waals surface area contributed by atoms with Crippen molar-refractivity contribution in [1.29, 1.82) is 0 Å². The van der Waals surface area contributed by atoms with Gasteiger partial charge in [-0.05, 0) is 30.7 Å². The summed E-state index contributed by atoms with van der Waals surface area (Å²) in [5, 5.41) is 4.25. The van der Waals surface area contributed by atoms with Crippen LogP contribution >= 0.6 is 22.9 Å². The Labute approximate surface area is 137 Å². The molecule has 0 unspecified atom stereocenters. The van der Waals surface area contributed by atoms with E-state index >= 15 is 0 Å². The zero-order valence-corrected chi connectivity index (χ0v) is 13.7. The van der Waals surface area contributed by atoms with Crippen LogP contribution in [0.3, 0.4) is 0 Å². The number of benzene rings is 2. The van der Waals surface area contributed by atoms with Gasteiger partial charge in [-0.2, -0.15) is 0 Å². The number of anilines is 1. The first kappa shape index (κ1) is 14.9. The van der Waals surface area contributed by atoms with Gasteiger partial charge in [-0.25, -0.2) is 0 Å². The molecule has 22 heavy (non-hydrogen) atoms. The summed E-state index contributed by atoms with van der Waals surface area (Å²) in [6.07, 6.45) is 0. The molecule has 112 valence electrons. The van der Waals surface area contributed by atoms with Crippen molar-refractivity contribution in [2.45, 2.75) is 6.92 Å². The van der Waals surface area contributed by atoms with E-state index in [1.165, 1.54) is 11.3 Å². The predicted octanol–water partition coefficient (Wildman–Crippen LogP) is 5.12. The van der Waals surface area contributed by atoms with Gasteiger partial charge in [0.05, 0.1) is 17.8 Å². The van der Waals surface area contributed by atoms with Gasteiger partial charge in [-0.15, -0.1) is 11.3 Å². The Balaban J connectivity index is 1.97. The number of nitrogens with one attached hydrogen (secondary N) is 1. The molecule has 0 atom stereocenters. The largest absolute Gasteiger partial charge is 0.495 e. The molecule has 3 nitrogen and oxygen atoms in total. The fourth-order valence-corrected chi connectivity index (χ4v) is 3.76. The Morgan fingerprint density at radius 3 is 2.77 bits per heavy atom. The molecule has 0 fully saturated rings. The molecular formula is C17H14ClNO2S. The molecule has 1 N–H and O–H groups in total. The number of hydrogen-bond acceptors (Lipinski definition) is 3. The Kier molecular flexibility index (Phi) is 4.05. The first-order chi connectivity index (χ1) is 10.6. The maximum absolute atomic E-state index is 12.5. The van der Waals surface area contributed by atoms with Crippen LogP contribution in [0, 0.1) is 6.92 Å². The van der Waals surface area contributed by atoms with Crippen LogP contribution in [0.4, 0.5) is 5.69 Å². The standard InChI is InChI=1S/C17H14ClNO2S/c1-10-7-8-11-14(9-10)22-16(15(11)18)17(20)19-12-5-3-4-6-13(12)21-2/h3-9H,1-2H3,(H,19,20). The lowest BCUT2D eigenvalue weighted by Gasteiger charge is -2.08. The molecule has 0 aliphatic heterocycles. The molecule has 2 aromatic carbocycles. The summed E-state index contributed by atoms with van der Waals surface area (Å²) in [6.45, 7) is 2.02. The van der Waals surface area contributed by atoms with Crippen molar-refractivity contribution >= 4 is 44.6 Å². The molecule has 0 radical (unpaired) electrons. The highest BCUT2D eigenvalue weighted by Gasteiger charge is 2.18. The van der Waals surface area contributed by atoms with Gasteiger partial charge in [0.15, 0.2) is 0 Å². The van der Waals surface area contributed by atoms with E-state index in [1.54, 1.807) is 19.2 Å². The molecular weight excluding hydrogens is 318 g/mol. The number of carbonyl (C=O) groups excluding carboxylic acids is 1. The van der Waals surface area contributed by atoms with Gasteiger partial charge < -0.3 is 10.1 Å². The topological polar surface area (TPSA) is 38.3 Å². The van der Waals surface area contributed by atoms with Crippen molar-refractivity contribution in [3.8, 4) is 5.75 Å². The first-order valence-electron chi connectivity index (χ1n) is 6.73. The maximum Gasteiger partial charge on any atom is 0.267 e. The number of hydrogen-bond donors (Lipinski definition) is 1. The Hall–Kier alpha value is -2.04. The number of carbonyl (C=O) groups is 1. The van der Waals surface area contributed by atoms with Gasteiger partial charge >= 0.3 is 0 Å². The second kappa shape index (κ2) is 5.99. The van der Waals surface area contributed by atoms with E-state index in [4.69, 9.17) is 16.3 Å². The molecule has 3 rings (SSSR count).